The molecule has 2 saturated carbocycles. The molecule has 184 valence electrons. The second-order valence-corrected chi connectivity index (χ2v) is 10.1. The molecule has 0 bridgehead atoms. The Morgan fingerprint density at radius 1 is 1.17 bits per heavy atom. The highest BCUT2D eigenvalue weighted by molar-refractivity contribution is 5.94. The van der Waals surface area contributed by atoms with Gasteiger partial charge in [0.2, 0.25) is 5.62 Å². The Morgan fingerprint density at radius 2 is 1.97 bits per heavy atom. The molecule has 0 aliphatic heterocycles. The average Bonchev–Trinajstić information content (AvgIpc) is 3.77. The van der Waals surface area contributed by atoms with Gasteiger partial charge in [0.05, 0.1) is 13.2 Å². The first-order chi connectivity index (χ1) is 16.9. The minimum absolute atomic E-state index is 0.142. The minimum atomic E-state index is -0.199. The summed E-state index contributed by atoms with van der Waals surface area (Å²) in [5.74, 6) is 1.66. The van der Waals surface area contributed by atoms with Crippen LogP contribution in [0.25, 0.3) is 0 Å². The third kappa shape index (κ3) is 5.66. The molecule has 1 atom stereocenters. The van der Waals surface area contributed by atoms with Crippen molar-refractivity contribution in [1.82, 2.24) is 14.5 Å². The second-order valence-electron chi connectivity index (χ2n) is 10.1. The highest BCUT2D eigenvalue weighted by Crippen LogP contribution is 2.42. The minimum Gasteiger partial charge on any atom is -0.493 e. The number of amides is 1. The standard InChI is InChI=1S/C28H33FN4O2/c1-18-11-22(7-8-26(18)29)25(21-5-6-21)15-31-27(34)23-12-20(16-33-10-9-32(2)28(33)30)13-24(14-23)35-17-19-3-4-19/h7-14,19,21,25,30H,3-6,15-17H2,1-2H3,(H,31,34)/t25-/m0/s1. The molecule has 35 heavy (non-hydrogen) atoms. The lowest BCUT2D eigenvalue weighted by atomic mass is 9.92. The van der Waals surface area contributed by atoms with Gasteiger partial charge in [-0.05, 0) is 85.4 Å². The first kappa shape index (κ1) is 23.4. The molecule has 2 N–H and O–H groups in total. The van der Waals surface area contributed by atoms with E-state index in [1.165, 1.54) is 18.9 Å². The Hall–Kier alpha value is -3.35. The van der Waals surface area contributed by atoms with Crippen LogP contribution in [-0.2, 0) is 13.6 Å². The van der Waals surface area contributed by atoms with Crippen LogP contribution in [-0.4, -0.2) is 28.2 Å². The van der Waals surface area contributed by atoms with Gasteiger partial charge in [-0.2, -0.15) is 0 Å². The summed E-state index contributed by atoms with van der Waals surface area (Å²) in [4.78, 5) is 13.2. The van der Waals surface area contributed by atoms with E-state index in [-0.39, 0.29) is 17.6 Å². The number of hydrogen-bond acceptors (Lipinski definition) is 3. The Balaban J connectivity index is 1.34. The maximum Gasteiger partial charge on any atom is 0.251 e. The Kier molecular flexibility index (Phi) is 6.50. The molecule has 6 nitrogen and oxygen atoms in total. The van der Waals surface area contributed by atoms with Gasteiger partial charge in [0.1, 0.15) is 11.6 Å². The summed E-state index contributed by atoms with van der Waals surface area (Å²) in [6.45, 7) is 3.45. The second kappa shape index (κ2) is 9.72. The number of imidazole rings is 1. The van der Waals surface area contributed by atoms with Crippen LogP contribution in [0.4, 0.5) is 4.39 Å². The van der Waals surface area contributed by atoms with Crippen LogP contribution in [0.1, 0.15) is 58.6 Å². The molecule has 1 amide bonds. The molecule has 2 aliphatic carbocycles. The summed E-state index contributed by atoms with van der Waals surface area (Å²) >= 11 is 0. The van der Waals surface area contributed by atoms with Gasteiger partial charge in [0.15, 0.2) is 0 Å². The normalized spacial score (nSPS) is 16.2. The zero-order chi connectivity index (χ0) is 24.5. The molecular weight excluding hydrogens is 443 g/mol. The highest BCUT2D eigenvalue weighted by atomic mass is 19.1. The maximum atomic E-state index is 13.8. The van der Waals surface area contributed by atoms with Gasteiger partial charge >= 0.3 is 0 Å². The van der Waals surface area contributed by atoms with Crippen molar-refractivity contribution in [2.24, 2.45) is 18.9 Å². The van der Waals surface area contributed by atoms with Crippen LogP contribution in [0.5, 0.6) is 5.75 Å². The van der Waals surface area contributed by atoms with Gasteiger partial charge in [-0.1, -0.05) is 12.1 Å². The van der Waals surface area contributed by atoms with Gasteiger partial charge in [-0.25, -0.2) is 4.39 Å². The SMILES string of the molecule is Cc1cc([C@@H](CNC(=O)c2cc(Cn3ccn(C)c3=N)cc(OCC3CC3)c2)C2CC2)ccc1F. The molecule has 0 radical (unpaired) electrons. The summed E-state index contributed by atoms with van der Waals surface area (Å²) < 4.78 is 23.4. The fraction of sp³-hybridized carbons (Fsp3) is 0.429. The lowest BCUT2D eigenvalue weighted by Crippen LogP contribution is -2.29. The summed E-state index contributed by atoms with van der Waals surface area (Å²) in [5.41, 5.74) is 3.58. The van der Waals surface area contributed by atoms with E-state index in [4.69, 9.17) is 10.1 Å². The Labute approximate surface area is 205 Å². The van der Waals surface area contributed by atoms with Crippen molar-refractivity contribution < 1.29 is 13.9 Å². The maximum absolute atomic E-state index is 13.8. The van der Waals surface area contributed by atoms with E-state index in [2.05, 4.69) is 5.32 Å². The fourth-order valence-electron chi connectivity index (χ4n) is 4.57. The quantitative estimate of drug-likeness (QED) is 0.452. The molecule has 1 heterocycles. The fourth-order valence-corrected chi connectivity index (χ4v) is 4.57. The number of aryl methyl sites for hydroxylation is 2. The van der Waals surface area contributed by atoms with Crippen molar-refractivity contribution in [3.8, 4) is 5.75 Å². The van der Waals surface area contributed by atoms with E-state index in [0.29, 0.717) is 54.0 Å². The number of rotatable bonds is 10. The van der Waals surface area contributed by atoms with E-state index in [1.807, 2.05) is 54.3 Å². The number of nitrogens with zero attached hydrogens (tertiary/aromatic N) is 2. The van der Waals surface area contributed by atoms with Gasteiger partial charge in [0, 0.05) is 37.5 Å². The van der Waals surface area contributed by atoms with Crippen LogP contribution in [0.15, 0.2) is 48.8 Å². The summed E-state index contributed by atoms with van der Waals surface area (Å²) in [7, 11) is 1.84. The Morgan fingerprint density at radius 3 is 2.63 bits per heavy atom. The Bertz CT molecular complexity index is 1290. The zero-order valence-corrected chi connectivity index (χ0v) is 20.4. The molecule has 1 aromatic heterocycles. The number of halogens is 1. The number of benzene rings is 2. The number of ether oxygens (including phenoxy) is 1. The van der Waals surface area contributed by atoms with E-state index in [0.717, 1.165) is 24.0 Å². The van der Waals surface area contributed by atoms with Crippen LogP contribution >= 0.6 is 0 Å². The van der Waals surface area contributed by atoms with Gasteiger partial charge in [-0.3, -0.25) is 10.2 Å². The summed E-state index contributed by atoms with van der Waals surface area (Å²) in [5, 5.41) is 11.4. The molecule has 2 aliphatic rings. The van der Waals surface area contributed by atoms with E-state index >= 15 is 0 Å². The van der Waals surface area contributed by atoms with E-state index in [1.54, 1.807) is 11.5 Å². The van der Waals surface area contributed by atoms with Gasteiger partial charge < -0.3 is 19.2 Å². The average molecular weight is 477 g/mol. The number of nitrogens with one attached hydrogen (secondary N) is 2. The molecule has 0 unspecified atom stereocenters. The molecule has 5 rings (SSSR count). The van der Waals surface area contributed by atoms with E-state index in [9.17, 15) is 9.18 Å². The number of hydrogen-bond donors (Lipinski definition) is 2. The molecular formula is C28H33FN4O2. The van der Waals surface area contributed by atoms with Gasteiger partial charge in [0.25, 0.3) is 5.91 Å². The van der Waals surface area contributed by atoms with Crippen molar-refractivity contribution in [2.45, 2.75) is 45.1 Å². The summed E-state index contributed by atoms with van der Waals surface area (Å²) in [6, 6.07) is 10.9. The van der Waals surface area contributed by atoms with Crippen LogP contribution in [0.3, 0.4) is 0 Å². The lowest BCUT2D eigenvalue weighted by Gasteiger charge is -2.19. The van der Waals surface area contributed by atoms with Crippen molar-refractivity contribution in [1.29, 1.82) is 5.41 Å². The van der Waals surface area contributed by atoms with Crippen LogP contribution < -0.4 is 15.7 Å². The molecule has 3 aromatic rings. The van der Waals surface area contributed by atoms with E-state index < -0.39 is 0 Å². The van der Waals surface area contributed by atoms with Crippen molar-refractivity contribution in [3.05, 3.63) is 82.5 Å². The molecule has 0 spiro atoms. The third-order valence-electron chi connectivity index (χ3n) is 7.12. The van der Waals surface area contributed by atoms with Crippen molar-refractivity contribution in [3.63, 3.8) is 0 Å². The molecule has 2 fully saturated rings. The molecule has 2 aromatic carbocycles. The smallest absolute Gasteiger partial charge is 0.251 e. The predicted octanol–water partition coefficient (Wildman–Crippen LogP) is 4.51. The number of aromatic nitrogens is 2. The van der Waals surface area contributed by atoms with Crippen LogP contribution in [0, 0.1) is 30.0 Å². The number of carbonyl (C=O) groups is 1. The largest absolute Gasteiger partial charge is 0.493 e. The third-order valence-corrected chi connectivity index (χ3v) is 7.12. The first-order valence-corrected chi connectivity index (χ1v) is 12.4. The molecule has 0 saturated heterocycles. The topological polar surface area (TPSA) is 72.0 Å². The zero-order valence-electron chi connectivity index (χ0n) is 20.4. The van der Waals surface area contributed by atoms with Crippen LogP contribution in [0.2, 0.25) is 0 Å². The predicted molar refractivity (Wildman–Crippen MR) is 132 cm³/mol. The van der Waals surface area contributed by atoms with Crippen molar-refractivity contribution in [2.75, 3.05) is 13.2 Å². The first-order valence-electron chi connectivity index (χ1n) is 12.4. The van der Waals surface area contributed by atoms with Crippen molar-refractivity contribution >= 4 is 5.91 Å². The molecule has 7 heteroatoms. The summed E-state index contributed by atoms with van der Waals surface area (Å²) in [6.07, 6.45) is 8.37. The number of carbonyl (C=O) groups excluding carboxylic acids is 1. The lowest BCUT2D eigenvalue weighted by molar-refractivity contribution is 0.0949. The van der Waals surface area contributed by atoms with Gasteiger partial charge in [-0.15, -0.1) is 0 Å². The highest BCUT2D eigenvalue weighted by Gasteiger charge is 2.33. The monoisotopic (exact) mass is 476 g/mol.